The summed E-state index contributed by atoms with van der Waals surface area (Å²) < 4.78 is 10.1. The predicted octanol–water partition coefficient (Wildman–Crippen LogP) is 0.872. The number of rotatable bonds is 4. The molecule has 6 heteroatoms. The van der Waals surface area contributed by atoms with E-state index >= 15 is 0 Å². The van der Waals surface area contributed by atoms with E-state index in [1.165, 1.54) is 7.11 Å². The summed E-state index contributed by atoms with van der Waals surface area (Å²) in [5.74, 6) is 0.217. The Kier molecular flexibility index (Phi) is 4.92. The van der Waals surface area contributed by atoms with Crippen LogP contribution in [-0.4, -0.2) is 48.6 Å². The van der Waals surface area contributed by atoms with Gasteiger partial charge >= 0.3 is 5.97 Å². The third-order valence-electron chi connectivity index (χ3n) is 3.38. The lowest BCUT2D eigenvalue weighted by atomic mass is 9.97. The van der Waals surface area contributed by atoms with Crippen LogP contribution in [0.4, 0.5) is 0 Å². The molecule has 1 aliphatic heterocycles. The SMILES string of the molecule is COC(=O)C1CCN(C(=O)COc2cccnc2)CC1. The standard InChI is InChI=1S/C14H18N2O4/c1-19-14(18)11-4-7-16(8-5-11)13(17)10-20-12-3-2-6-15-9-12/h2-3,6,9,11H,4-5,7-8,10H2,1H3. The van der Waals surface area contributed by atoms with E-state index in [0.717, 1.165) is 0 Å². The van der Waals surface area contributed by atoms with Gasteiger partial charge in [-0.05, 0) is 25.0 Å². The molecule has 1 amide bonds. The Morgan fingerprint density at radius 1 is 1.40 bits per heavy atom. The summed E-state index contributed by atoms with van der Waals surface area (Å²) in [6.45, 7) is 1.12. The molecule has 1 aromatic heterocycles. The maximum Gasteiger partial charge on any atom is 0.308 e. The summed E-state index contributed by atoms with van der Waals surface area (Å²) in [5, 5.41) is 0. The summed E-state index contributed by atoms with van der Waals surface area (Å²) in [5.41, 5.74) is 0. The van der Waals surface area contributed by atoms with Crippen LogP contribution in [0.5, 0.6) is 5.75 Å². The molecule has 0 unspecified atom stereocenters. The van der Waals surface area contributed by atoms with Crippen molar-refractivity contribution in [3.05, 3.63) is 24.5 Å². The van der Waals surface area contributed by atoms with E-state index in [9.17, 15) is 9.59 Å². The second-order valence-electron chi connectivity index (χ2n) is 4.66. The summed E-state index contributed by atoms with van der Waals surface area (Å²) in [6, 6.07) is 3.51. The van der Waals surface area contributed by atoms with Gasteiger partial charge in [0.25, 0.3) is 5.91 Å². The Morgan fingerprint density at radius 3 is 2.75 bits per heavy atom. The summed E-state index contributed by atoms with van der Waals surface area (Å²) in [7, 11) is 1.39. The summed E-state index contributed by atoms with van der Waals surface area (Å²) >= 11 is 0. The van der Waals surface area contributed by atoms with Crippen LogP contribution >= 0.6 is 0 Å². The van der Waals surface area contributed by atoms with Crippen molar-refractivity contribution >= 4 is 11.9 Å². The van der Waals surface area contributed by atoms with Crippen molar-refractivity contribution in [2.24, 2.45) is 5.92 Å². The smallest absolute Gasteiger partial charge is 0.308 e. The molecule has 0 aromatic carbocycles. The molecule has 0 saturated carbocycles. The van der Waals surface area contributed by atoms with Crippen molar-refractivity contribution in [3.63, 3.8) is 0 Å². The zero-order valence-electron chi connectivity index (χ0n) is 11.4. The zero-order chi connectivity index (χ0) is 14.4. The van der Waals surface area contributed by atoms with E-state index in [4.69, 9.17) is 9.47 Å². The molecule has 2 rings (SSSR count). The molecule has 1 fully saturated rings. The molecular weight excluding hydrogens is 260 g/mol. The first-order valence-electron chi connectivity index (χ1n) is 6.59. The second kappa shape index (κ2) is 6.88. The lowest BCUT2D eigenvalue weighted by Gasteiger charge is -2.30. The molecule has 0 radical (unpaired) electrons. The minimum absolute atomic E-state index is 0.00537. The first kappa shape index (κ1) is 14.3. The highest BCUT2D eigenvalue weighted by molar-refractivity contribution is 5.78. The number of ether oxygens (including phenoxy) is 2. The number of methoxy groups -OCH3 is 1. The lowest BCUT2D eigenvalue weighted by molar-refractivity contribution is -0.149. The van der Waals surface area contributed by atoms with Crippen LogP contribution in [0.3, 0.4) is 0 Å². The van der Waals surface area contributed by atoms with Crippen molar-refractivity contribution < 1.29 is 19.1 Å². The van der Waals surface area contributed by atoms with Crippen LogP contribution in [0.25, 0.3) is 0 Å². The maximum absolute atomic E-state index is 12.0. The van der Waals surface area contributed by atoms with Crippen molar-refractivity contribution in [2.45, 2.75) is 12.8 Å². The van der Waals surface area contributed by atoms with Crippen molar-refractivity contribution in [1.82, 2.24) is 9.88 Å². The van der Waals surface area contributed by atoms with Crippen LogP contribution in [0.15, 0.2) is 24.5 Å². The Labute approximate surface area is 117 Å². The molecule has 108 valence electrons. The topological polar surface area (TPSA) is 68.7 Å². The van der Waals surface area contributed by atoms with Gasteiger partial charge in [-0.25, -0.2) is 0 Å². The first-order valence-corrected chi connectivity index (χ1v) is 6.59. The van der Waals surface area contributed by atoms with Gasteiger partial charge in [-0.2, -0.15) is 0 Å². The molecular formula is C14H18N2O4. The third kappa shape index (κ3) is 3.69. The molecule has 1 aromatic rings. The van der Waals surface area contributed by atoms with Crippen LogP contribution in [0, 0.1) is 5.92 Å². The van der Waals surface area contributed by atoms with Crippen LogP contribution in [-0.2, 0) is 14.3 Å². The van der Waals surface area contributed by atoms with Gasteiger partial charge in [-0.15, -0.1) is 0 Å². The molecule has 0 spiro atoms. The number of esters is 1. The average Bonchev–Trinajstić information content (AvgIpc) is 2.53. The van der Waals surface area contributed by atoms with Crippen molar-refractivity contribution in [2.75, 3.05) is 26.8 Å². The fraction of sp³-hybridized carbons (Fsp3) is 0.500. The molecule has 2 heterocycles. The van der Waals surface area contributed by atoms with Gasteiger partial charge in [0, 0.05) is 19.3 Å². The number of carbonyl (C=O) groups excluding carboxylic acids is 2. The number of likely N-dealkylation sites (tertiary alicyclic amines) is 1. The van der Waals surface area contributed by atoms with Gasteiger partial charge in [0.2, 0.25) is 0 Å². The van der Waals surface area contributed by atoms with E-state index < -0.39 is 0 Å². The van der Waals surface area contributed by atoms with Gasteiger partial charge in [-0.1, -0.05) is 0 Å². The number of amides is 1. The largest absolute Gasteiger partial charge is 0.482 e. The van der Waals surface area contributed by atoms with E-state index in [-0.39, 0.29) is 24.4 Å². The Morgan fingerprint density at radius 2 is 2.15 bits per heavy atom. The van der Waals surface area contributed by atoms with Crippen molar-refractivity contribution in [3.8, 4) is 5.75 Å². The molecule has 6 nitrogen and oxygen atoms in total. The van der Waals surface area contributed by atoms with Crippen LogP contribution < -0.4 is 4.74 Å². The number of carbonyl (C=O) groups is 2. The highest BCUT2D eigenvalue weighted by Gasteiger charge is 2.27. The average molecular weight is 278 g/mol. The van der Waals surface area contributed by atoms with Gasteiger partial charge in [0.1, 0.15) is 5.75 Å². The molecule has 0 bridgehead atoms. The normalized spacial score (nSPS) is 15.8. The number of hydrogen-bond acceptors (Lipinski definition) is 5. The second-order valence-corrected chi connectivity index (χ2v) is 4.66. The summed E-state index contributed by atoms with van der Waals surface area (Å²) in [6.07, 6.45) is 4.50. The quantitative estimate of drug-likeness (QED) is 0.764. The predicted molar refractivity (Wildman–Crippen MR) is 71.1 cm³/mol. The molecule has 0 aliphatic carbocycles. The fourth-order valence-corrected chi connectivity index (χ4v) is 2.20. The molecule has 1 aliphatic rings. The number of pyridine rings is 1. The minimum atomic E-state index is -0.191. The molecule has 20 heavy (non-hydrogen) atoms. The van der Waals surface area contributed by atoms with Crippen LogP contribution in [0.2, 0.25) is 0 Å². The van der Waals surface area contributed by atoms with Crippen molar-refractivity contribution in [1.29, 1.82) is 0 Å². The zero-order valence-corrected chi connectivity index (χ0v) is 11.4. The molecule has 0 N–H and O–H groups in total. The number of nitrogens with zero attached hydrogens (tertiary/aromatic N) is 2. The highest BCUT2D eigenvalue weighted by atomic mass is 16.5. The lowest BCUT2D eigenvalue weighted by Crippen LogP contribution is -2.42. The van der Waals surface area contributed by atoms with Gasteiger partial charge in [0.05, 0.1) is 19.2 Å². The molecule has 1 saturated heterocycles. The van der Waals surface area contributed by atoms with Gasteiger partial charge in [0.15, 0.2) is 6.61 Å². The Balaban J connectivity index is 1.76. The highest BCUT2D eigenvalue weighted by Crippen LogP contribution is 2.18. The first-order chi connectivity index (χ1) is 9.70. The number of hydrogen-bond donors (Lipinski definition) is 0. The Hall–Kier alpha value is -2.11. The van der Waals surface area contributed by atoms with Gasteiger partial charge in [-0.3, -0.25) is 14.6 Å². The molecule has 0 atom stereocenters. The van der Waals surface area contributed by atoms with E-state index in [2.05, 4.69) is 4.98 Å². The third-order valence-corrected chi connectivity index (χ3v) is 3.38. The van der Waals surface area contributed by atoms with Crippen LogP contribution in [0.1, 0.15) is 12.8 Å². The summed E-state index contributed by atoms with van der Waals surface area (Å²) in [4.78, 5) is 29.0. The van der Waals surface area contributed by atoms with Gasteiger partial charge < -0.3 is 14.4 Å². The number of aromatic nitrogens is 1. The van der Waals surface area contributed by atoms with E-state index in [1.807, 2.05) is 0 Å². The monoisotopic (exact) mass is 278 g/mol. The Bertz CT molecular complexity index is 456. The van der Waals surface area contributed by atoms with E-state index in [0.29, 0.717) is 31.7 Å². The number of piperidine rings is 1. The van der Waals surface area contributed by atoms with E-state index in [1.54, 1.807) is 29.4 Å². The fourth-order valence-electron chi connectivity index (χ4n) is 2.20. The minimum Gasteiger partial charge on any atom is -0.482 e. The maximum atomic E-state index is 12.0.